The lowest BCUT2D eigenvalue weighted by molar-refractivity contribution is 0.0594. The highest BCUT2D eigenvalue weighted by molar-refractivity contribution is 7.09. The third-order valence-corrected chi connectivity index (χ3v) is 4.52. The van der Waals surface area contributed by atoms with Crippen LogP contribution in [0.25, 0.3) is 0 Å². The molecule has 5 nitrogen and oxygen atoms in total. The van der Waals surface area contributed by atoms with Gasteiger partial charge >= 0.3 is 5.97 Å². The standard InChI is InChI=1S/C16H16Cl2N2O3S/c1-9(2)20(7-14-19-13(8-24-14)16(22)23-3)15(21)10-4-11(17)6-12(18)5-10/h4-6,8-9H,7H2,1-3H3. The lowest BCUT2D eigenvalue weighted by Gasteiger charge is -2.26. The Balaban J connectivity index is 2.24. The van der Waals surface area contributed by atoms with Crippen LogP contribution in [0.15, 0.2) is 23.6 Å². The summed E-state index contributed by atoms with van der Waals surface area (Å²) in [6, 6.07) is 4.66. The molecule has 2 aromatic rings. The zero-order valence-electron chi connectivity index (χ0n) is 13.4. The number of hydrogen-bond acceptors (Lipinski definition) is 5. The molecule has 1 aromatic heterocycles. The van der Waals surface area contributed by atoms with E-state index in [1.165, 1.54) is 18.4 Å². The van der Waals surface area contributed by atoms with E-state index in [0.717, 1.165) is 0 Å². The van der Waals surface area contributed by atoms with Crippen LogP contribution in [0.5, 0.6) is 0 Å². The van der Waals surface area contributed by atoms with Gasteiger partial charge in [0.25, 0.3) is 5.91 Å². The molecule has 0 aliphatic rings. The fourth-order valence-corrected chi connectivity index (χ4v) is 3.35. The normalized spacial score (nSPS) is 10.8. The number of amides is 1. The van der Waals surface area contributed by atoms with Gasteiger partial charge in [0.2, 0.25) is 0 Å². The number of methoxy groups -OCH3 is 1. The third kappa shape index (κ3) is 4.47. The summed E-state index contributed by atoms with van der Waals surface area (Å²) in [6.07, 6.45) is 0. The number of aromatic nitrogens is 1. The van der Waals surface area contributed by atoms with E-state index in [9.17, 15) is 9.59 Å². The maximum absolute atomic E-state index is 12.8. The van der Waals surface area contributed by atoms with E-state index < -0.39 is 5.97 Å². The fourth-order valence-electron chi connectivity index (χ4n) is 2.06. The monoisotopic (exact) mass is 386 g/mol. The van der Waals surface area contributed by atoms with E-state index in [1.54, 1.807) is 28.5 Å². The van der Waals surface area contributed by atoms with Crippen molar-refractivity contribution in [3.8, 4) is 0 Å². The first-order valence-corrected chi connectivity index (χ1v) is 8.75. The average molecular weight is 387 g/mol. The minimum atomic E-state index is -0.499. The molecule has 2 rings (SSSR count). The van der Waals surface area contributed by atoms with Gasteiger partial charge in [-0.15, -0.1) is 11.3 Å². The number of carbonyl (C=O) groups is 2. The van der Waals surface area contributed by atoms with Crippen molar-refractivity contribution in [3.63, 3.8) is 0 Å². The van der Waals surface area contributed by atoms with Gasteiger partial charge < -0.3 is 9.64 Å². The average Bonchev–Trinajstić information content (AvgIpc) is 2.98. The molecule has 24 heavy (non-hydrogen) atoms. The summed E-state index contributed by atoms with van der Waals surface area (Å²) in [6.45, 7) is 4.08. The Morgan fingerprint density at radius 1 is 1.25 bits per heavy atom. The van der Waals surface area contributed by atoms with Gasteiger partial charge in [-0.05, 0) is 32.0 Å². The van der Waals surface area contributed by atoms with Crippen LogP contribution in [0.2, 0.25) is 10.0 Å². The molecule has 0 N–H and O–H groups in total. The Morgan fingerprint density at radius 3 is 2.42 bits per heavy atom. The molecule has 0 atom stereocenters. The van der Waals surface area contributed by atoms with Gasteiger partial charge in [-0.2, -0.15) is 0 Å². The number of nitrogens with zero attached hydrogens (tertiary/aromatic N) is 2. The maximum atomic E-state index is 12.8. The van der Waals surface area contributed by atoms with Crippen molar-refractivity contribution in [1.82, 2.24) is 9.88 Å². The molecule has 0 aliphatic carbocycles. The smallest absolute Gasteiger partial charge is 0.357 e. The molecule has 0 fully saturated rings. The van der Waals surface area contributed by atoms with E-state index in [4.69, 9.17) is 23.2 Å². The van der Waals surface area contributed by atoms with Gasteiger partial charge in [0, 0.05) is 27.0 Å². The lowest BCUT2D eigenvalue weighted by Crippen LogP contribution is -2.36. The number of thiazole rings is 1. The van der Waals surface area contributed by atoms with Crippen molar-refractivity contribution in [3.05, 3.63) is 49.9 Å². The summed E-state index contributed by atoms with van der Waals surface area (Å²) < 4.78 is 4.64. The predicted octanol–water partition coefficient (Wildman–Crippen LogP) is 4.29. The summed E-state index contributed by atoms with van der Waals surface area (Å²) in [5.41, 5.74) is 0.644. The molecule has 1 heterocycles. The molecular formula is C16H16Cl2N2O3S. The van der Waals surface area contributed by atoms with Crippen LogP contribution in [-0.2, 0) is 11.3 Å². The molecular weight excluding hydrogens is 371 g/mol. The zero-order chi connectivity index (χ0) is 17.9. The molecule has 8 heteroatoms. The summed E-state index contributed by atoms with van der Waals surface area (Å²) in [7, 11) is 1.30. The van der Waals surface area contributed by atoms with Crippen molar-refractivity contribution in [2.75, 3.05) is 7.11 Å². The molecule has 0 saturated heterocycles. The first-order chi connectivity index (χ1) is 11.3. The molecule has 0 saturated carbocycles. The highest BCUT2D eigenvalue weighted by Gasteiger charge is 2.22. The van der Waals surface area contributed by atoms with Crippen LogP contribution in [-0.4, -0.2) is 34.9 Å². The van der Waals surface area contributed by atoms with E-state index in [0.29, 0.717) is 20.6 Å². The molecule has 0 unspecified atom stereocenters. The SMILES string of the molecule is COC(=O)c1csc(CN(C(=O)c2cc(Cl)cc(Cl)c2)C(C)C)n1. The van der Waals surface area contributed by atoms with Crippen molar-refractivity contribution in [1.29, 1.82) is 0 Å². The van der Waals surface area contributed by atoms with Crippen LogP contribution in [0.3, 0.4) is 0 Å². The number of esters is 1. The van der Waals surface area contributed by atoms with Crippen LogP contribution < -0.4 is 0 Å². The summed E-state index contributed by atoms with van der Waals surface area (Å²) >= 11 is 13.3. The van der Waals surface area contributed by atoms with Crippen LogP contribution in [0, 0.1) is 0 Å². The van der Waals surface area contributed by atoms with E-state index in [-0.39, 0.29) is 24.2 Å². The third-order valence-electron chi connectivity index (χ3n) is 3.25. The maximum Gasteiger partial charge on any atom is 0.357 e. The largest absolute Gasteiger partial charge is 0.464 e. The van der Waals surface area contributed by atoms with E-state index in [1.807, 2.05) is 13.8 Å². The van der Waals surface area contributed by atoms with Crippen molar-refractivity contribution in [2.45, 2.75) is 26.4 Å². The van der Waals surface area contributed by atoms with Gasteiger partial charge in [-0.1, -0.05) is 23.2 Å². The number of halogens is 2. The molecule has 0 radical (unpaired) electrons. The van der Waals surface area contributed by atoms with Crippen LogP contribution in [0.1, 0.15) is 39.7 Å². The van der Waals surface area contributed by atoms with Crippen molar-refractivity contribution in [2.24, 2.45) is 0 Å². The van der Waals surface area contributed by atoms with Gasteiger partial charge in [0.05, 0.1) is 13.7 Å². The number of ether oxygens (including phenoxy) is 1. The number of hydrogen-bond donors (Lipinski definition) is 0. The Morgan fingerprint density at radius 2 is 1.88 bits per heavy atom. The minimum absolute atomic E-state index is 0.0688. The van der Waals surface area contributed by atoms with Gasteiger partial charge in [0.1, 0.15) is 5.01 Å². The second-order valence-electron chi connectivity index (χ2n) is 5.30. The van der Waals surface area contributed by atoms with Gasteiger partial charge in [-0.3, -0.25) is 4.79 Å². The number of benzene rings is 1. The Hall–Kier alpha value is -1.63. The predicted molar refractivity (Wildman–Crippen MR) is 94.9 cm³/mol. The molecule has 0 bridgehead atoms. The van der Waals surface area contributed by atoms with E-state index >= 15 is 0 Å². The minimum Gasteiger partial charge on any atom is -0.464 e. The highest BCUT2D eigenvalue weighted by atomic mass is 35.5. The number of rotatable bonds is 5. The van der Waals surface area contributed by atoms with Gasteiger partial charge in [0.15, 0.2) is 5.69 Å². The molecule has 128 valence electrons. The number of carbonyl (C=O) groups excluding carboxylic acids is 2. The second kappa shape index (κ2) is 7.96. The van der Waals surface area contributed by atoms with Crippen molar-refractivity contribution < 1.29 is 14.3 Å². The molecule has 1 aromatic carbocycles. The Kier molecular flexibility index (Phi) is 6.21. The summed E-state index contributed by atoms with van der Waals surface area (Å²) in [5.74, 6) is -0.703. The summed E-state index contributed by atoms with van der Waals surface area (Å²) in [5, 5.41) is 3.06. The second-order valence-corrected chi connectivity index (χ2v) is 7.12. The zero-order valence-corrected chi connectivity index (χ0v) is 15.7. The highest BCUT2D eigenvalue weighted by Crippen LogP contribution is 2.22. The molecule has 0 spiro atoms. The first-order valence-electron chi connectivity index (χ1n) is 7.11. The Labute approximate surface area is 154 Å². The fraction of sp³-hybridized carbons (Fsp3) is 0.312. The molecule has 1 amide bonds. The first kappa shape index (κ1) is 18.7. The lowest BCUT2D eigenvalue weighted by atomic mass is 10.1. The Bertz CT molecular complexity index is 741. The topological polar surface area (TPSA) is 59.5 Å². The van der Waals surface area contributed by atoms with E-state index in [2.05, 4.69) is 9.72 Å². The quantitative estimate of drug-likeness (QED) is 0.719. The van der Waals surface area contributed by atoms with Crippen molar-refractivity contribution >= 4 is 46.4 Å². The van der Waals surface area contributed by atoms with Gasteiger partial charge in [-0.25, -0.2) is 9.78 Å². The summed E-state index contributed by atoms with van der Waals surface area (Å²) in [4.78, 5) is 30.1. The van der Waals surface area contributed by atoms with Crippen LogP contribution in [0.4, 0.5) is 0 Å². The van der Waals surface area contributed by atoms with Crippen LogP contribution >= 0.6 is 34.5 Å². The molecule has 0 aliphatic heterocycles.